The molecule has 2 aromatic rings. The van der Waals surface area contributed by atoms with Crippen LogP contribution in [-0.4, -0.2) is 33.6 Å². The molecule has 1 aromatic heterocycles. The molecule has 0 bridgehead atoms. The van der Waals surface area contributed by atoms with Crippen molar-refractivity contribution in [3.63, 3.8) is 0 Å². The lowest BCUT2D eigenvalue weighted by Gasteiger charge is -2.12. The third-order valence-electron chi connectivity index (χ3n) is 3.12. The Morgan fingerprint density at radius 1 is 1.33 bits per heavy atom. The van der Waals surface area contributed by atoms with Crippen molar-refractivity contribution in [2.45, 2.75) is 26.3 Å². The number of hydrogen-bond acceptors (Lipinski definition) is 5. The third-order valence-corrected chi connectivity index (χ3v) is 3.12. The van der Waals surface area contributed by atoms with Gasteiger partial charge in [0.15, 0.2) is 12.4 Å². The Morgan fingerprint density at radius 3 is 2.79 bits per heavy atom. The Balaban J connectivity index is 1.86. The zero-order valence-corrected chi connectivity index (χ0v) is 13.4. The van der Waals surface area contributed by atoms with Gasteiger partial charge in [0.05, 0.1) is 6.04 Å². The van der Waals surface area contributed by atoms with Gasteiger partial charge < -0.3 is 15.4 Å². The maximum absolute atomic E-state index is 11.9. The number of anilines is 1. The van der Waals surface area contributed by atoms with Crippen LogP contribution in [0.3, 0.4) is 0 Å². The predicted octanol–water partition coefficient (Wildman–Crippen LogP) is 0.703. The van der Waals surface area contributed by atoms with Gasteiger partial charge >= 0.3 is 5.69 Å². The Labute approximate surface area is 137 Å². The van der Waals surface area contributed by atoms with Gasteiger partial charge in [0.25, 0.3) is 5.91 Å². The summed E-state index contributed by atoms with van der Waals surface area (Å²) in [4.78, 5) is 36.7. The third kappa shape index (κ3) is 4.97. The number of aromatic nitrogens is 3. The number of nitrogens with one attached hydrogen (secondary N) is 4. The van der Waals surface area contributed by atoms with Gasteiger partial charge in [-0.3, -0.25) is 14.6 Å². The summed E-state index contributed by atoms with van der Waals surface area (Å²) in [7, 11) is 0. The average Bonchev–Trinajstić information content (AvgIpc) is 3.00. The van der Waals surface area contributed by atoms with E-state index in [-0.39, 0.29) is 18.4 Å². The minimum absolute atomic E-state index is 0.105. The fraction of sp³-hybridized carbons (Fsp3) is 0.333. The molecule has 0 aliphatic heterocycles. The molecule has 1 heterocycles. The molecule has 1 unspecified atom stereocenters. The van der Waals surface area contributed by atoms with E-state index in [1.54, 1.807) is 38.1 Å². The van der Waals surface area contributed by atoms with Crippen LogP contribution in [0.1, 0.15) is 32.1 Å². The van der Waals surface area contributed by atoms with Gasteiger partial charge in [-0.1, -0.05) is 13.0 Å². The van der Waals surface area contributed by atoms with Gasteiger partial charge in [0.1, 0.15) is 5.75 Å². The fourth-order valence-corrected chi connectivity index (χ4v) is 1.90. The van der Waals surface area contributed by atoms with Crippen LogP contribution in [0.15, 0.2) is 29.1 Å². The Bertz CT molecular complexity index is 767. The Hall–Kier alpha value is -3.10. The maximum Gasteiger partial charge on any atom is 0.340 e. The average molecular weight is 333 g/mol. The molecular weight excluding hydrogens is 314 g/mol. The highest BCUT2D eigenvalue weighted by molar-refractivity contribution is 5.90. The number of benzene rings is 1. The molecule has 2 rings (SSSR count). The molecule has 0 radical (unpaired) electrons. The van der Waals surface area contributed by atoms with Crippen molar-refractivity contribution in [3.8, 4) is 5.75 Å². The van der Waals surface area contributed by atoms with Gasteiger partial charge in [-0.25, -0.2) is 9.89 Å². The SMILES string of the molecule is CCC(=O)Nc1cccc(OCC(=O)NC(C)c2n[nH]c(=O)[nH]2)c1. The molecule has 0 spiro atoms. The highest BCUT2D eigenvalue weighted by Gasteiger charge is 2.13. The summed E-state index contributed by atoms with van der Waals surface area (Å²) in [6, 6.07) is 6.31. The van der Waals surface area contributed by atoms with Crippen LogP contribution in [-0.2, 0) is 9.59 Å². The summed E-state index contributed by atoms with van der Waals surface area (Å²) in [5.41, 5.74) is 0.163. The van der Waals surface area contributed by atoms with Gasteiger partial charge in [0, 0.05) is 18.2 Å². The lowest BCUT2D eigenvalue weighted by atomic mass is 10.3. The number of H-pyrrole nitrogens is 2. The predicted molar refractivity (Wildman–Crippen MR) is 86.6 cm³/mol. The Kier molecular flexibility index (Phi) is 5.72. The molecule has 9 nitrogen and oxygen atoms in total. The van der Waals surface area contributed by atoms with Crippen LogP contribution < -0.4 is 21.1 Å². The number of aromatic amines is 2. The van der Waals surface area contributed by atoms with Crippen LogP contribution in [0.2, 0.25) is 0 Å². The van der Waals surface area contributed by atoms with Crippen molar-refractivity contribution >= 4 is 17.5 Å². The molecule has 0 aliphatic rings. The molecule has 128 valence electrons. The number of rotatable bonds is 7. The molecule has 9 heteroatoms. The first kappa shape index (κ1) is 17.3. The quantitative estimate of drug-likeness (QED) is 0.593. The number of carbonyl (C=O) groups is 2. The van der Waals surface area contributed by atoms with Crippen molar-refractivity contribution in [2.24, 2.45) is 0 Å². The van der Waals surface area contributed by atoms with Crippen molar-refractivity contribution in [3.05, 3.63) is 40.6 Å². The molecule has 1 aromatic carbocycles. The summed E-state index contributed by atoms with van der Waals surface area (Å²) in [6.07, 6.45) is 0.376. The van der Waals surface area contributed by atoms with Crippen LogP contribution in [0.5, 0.6) is 5.75 Å². The monoisotopic (exact) mass is 333 g/mol. The topological polar surface area (TPSA) is 129 Å². The number of ether oxygens (including phenoxy) is 1. The first-order valence-electron chi connectivity index (χ1n) is 7.44. The van der Waals surface area contributed by atoms with E-state index in [0.717, 1.165) is 0 Å². The minimum atomic E-state index is -0.463. The minimum Gasteiger partial charge on any atom is -0.484 e. The number of carbonyl (C=O) groups excluding carboxylic acids is 2. The van der Waals surface area contributed by atoms with Crippen molar-refractivity contribution in [2.75, 3.05) is 11.9 Å². The number of amides is 2. The lowest BCUT2D eigenvalue weighted by Crippen LogP contribution is -2.32. The molecule has 24 heavy (non-hydrogen) atoms. The van der Waals surface area contributed by atoms with E-state index in [2.05, 4.69) is 25.8 Å². The van der Waals surface area contributed by atoms with Crippen LogP contribution in [0.25, 0.3) is 0 Å². The second-order valence-corrected chi connectivity index (χ2v) is 5.07. The van der Waals surface area contributed by atoms with Crippen molar-refractivity contribution in [1.82, 2.24) is 20.5 Å². The maximum atomic E-state index is 11.9. The van der Waals surface area contributed by atoms with Gasteiger partial charge in [-0.05, 0) is 19.1 Å². The second-order valence-electron chi connectivity index (χ2n) is 5.07. The second kappa shape index (κ2) is 7.95. The van der Waals surface area contributed by atoms with E-state index in [1.165, 1.54) is 0 Å². The van der Waals surface area contributed by atoms with Crippen molar-refractivity contribution < 1.29 is 14.3 Å². The summed E-state index contributed by atoms with van der Waals surface area (Å²) in [5, 5.41) is 11.3. The largest absolute Gasteiger partial charge is 0.484 e. The highest BCUT2D eigenvalue weighted by atomic mass is 16.5. The van der Waals surface area contributed by atoms with Crippen LogP contribution in [0.4, 0.5) is 5.69 Å². The van der Waals surface area contributed by atoms with Gasteiger partial charge in [0.2, 0.25) is 5.91 Å². The van der Waals surface area contributed by atoms with E-state index in [4.69, 9.17) is 4.74 Å². The van der Waals surface area contributed by atoms with E-state index >= 15 is 0 Å². The standard InChI is InChI=1S/C15H19N5O4/c1-3-12(21)17-10-5-4-6-11(7-10)24-8-13(22)16-9(2)14-18-15(23)20-19-14/h4-7,9H,3,8H2,1-2H3,(H,16,22)(H,17,21)(H2,18,19,20,23). The normalized spacial score (nSPS) is 11.6. The first-order valence-corrected chi connectivity index (χ1v) is 7.44. The zero-order valence-electron chi connectivity index (χ0n) is 13.4. The molecule has 0 saturated heterocycles. The molecule has 2 amide bonds. The number of nitrogens with zero attached hydrogens (tertiary/aromatic N) is 1. The Morgan fingerprint density at radius 2 is 2.12 bits per heavy atom. The van der Waals surface area contributed by atoms with Gasteiger partial charge in [-0.2, -0.15) is 5.10 Å². The number of hydrogen-bond donors (Lipinski definition) is 4. The van der Waals surface area contributed by atoms with Crippen molar-refractivity contribution in [1.29, 1.82) is 0 Å². The van der Waals surface area contributed by atoms with E-state index in [9.17, 15) is 14.4 Å². The molecule has 0 aliphatic carbocycles. The zero-order chi connectivity index (χ0) is 17.5. The smallest absolute Gasteiger partial charge is 0.340 e. The van der Waals surface area contributed by atoms with E-state index < -0.39 is 11.7 Å². The van der Waals surface area contributed by atoms with E-state index in [1.807, 2.05) is 0 Å². The molecule has 4 N–H and O–H groups in total. The molecular formula is C15H19N5O4. The van der Waals surface area contributed by atoms with Crippen LogP contribution in [0, 0.1) is 0 Å². The van der Waals surface area contributed by atoms with Gasteiger partial charge in [-0.15, -0.1) is 0 Å². The molecule has 0 fully saturated rings. The summed E-state index contributed by atoms with van der Waals surface area (Å²) in [5.74, 6) is 0.318. The summed E-state index contributed by atoms with van der Waals surface area (Å²) < 4.78 is 5.40. The fourth-order valence-electron chi connectivity index (χ4n) is 1.90. The highest BCUT2D eigenvalue weighted by Crippen LogP contribution is 2.17. The van der Waals surface area contributed by atoms with E-state index in [0.29, 0.717) is 23.7 Å². The first-order chi connectivity index (χ1) is 11.5. The summed E-state index contributed by atoms with van der Waals surface area (Å²) >= 11 is 0. The lowest BCUT2D eigenvalue weighted by molar-refractivity contribution is -0.123. The van der Waals surface area contributed by atoms with Crippen LogP contribution >= 0.6 is 0 Å². The molecule has 0 saturated carbocycles. The summed E-state index contributed by atoms with van der Waals surface area (Å²) in [6.45, 7) is 3.24. The molecule has 1 atom stereocenters.